The van der Waals surface area contributed by atoms with E-state index in [0.717, 1.165) is 22.2 Å². The highest BCUT2D eigenvalue weighted by atomic mass is 35.5. The number of H-pyrrole nitrogens is 1. The number of carbonyl (C=O) groups excluding carboxylic acids is 1. The summed E-state index contributed by atoms with van der Waals surface area (Å²) in [5.41, 5.74) is 2.42. The predicted octanol–water partition coefficient (Wildman–Crippen LogP) is 5.13. The molecule has 1 amide bonds. The van der Waals surface area contributed by atoms with E-state index in [0.29, 0.717) is 10.0 Å². The molecule has 0 unspecified atom stereocenters. The van der Waals surface area contributed by atoms with Gasteiger partial charge in [0, 0.05) is 39.4 Å². The van der Waals surface area contributed by atoms with Crippen LogP contribution in [0.25, 0.3) is 17.0 Å². The Labute approximate surface area is 137 Å². The lowest BCUT2D eigenvalue weighted by atomic mass is 10.1. The summed E-state index contributed by atoms with van der Waals surface area (Å²) in [4.78, 5) is 15.0. The summed E-state index contributed by atoms with van der Waals surface area (Å²) in [5.74, 6) is -0.203. The topological polar surface area (TPSA) is 44.9 Å². The quantitative estimate of drug-likeness (QED) is 0.642. The molecule has 1 heterocycles. The molecule has 2 N–H and O–H groups in total. The maximum absolute atomic E-state index is 11.9. The van der Waals surface area contributed by atoms with Gasteiger partial charge in [-0.25, -0.2) is 0 Å². The number of para-hydroxylation sites is 1. The molecule has 0 saturated heterocycles. The first kappa shape index (κ1) is 14.7. The van der Waals surface area contributed by atoms with Crippen molar-refractivity contribution in [2.75, 3.05) is 5.32 Å². The first-order chi connectivity index (χ1) is 10.6. The van der Waals surface area contributed by atoms with E-state index in [1.54, 1.807) is 24.4 Å². The fraction of sp³-hybridized carbons (Fsp3) is 0. The van der Waals surface area contributed by atoms with E-state index >= 15 is 0 Å². The molecule has 0 saturated carbocycles. The van der Waals surface area contributed by atoms with E-state index in [2.05, 4.69) is 10.3 Å². The molecule has 110 valence electrons. The fourth-order valence-corrected chi connectivity index (χ4v) is 2.81. The lowest BCUT2D eigenvalue weighted by Gasteiger charge is -2.01. The third-order valence-electron chi connectivity index (χ3n) is 3.18. The molecule has 3 aromatic rings. The lowest BCUT2D eigenvalue weighted by molar-refractivity contribution is -0.111. The van der Waals surface area contributed by atoms with Crippen LogP contribution < -0.4 is 5.32 Å². The van der Waals surface area contributed by atoms with Crippen LogP contribution in [0.5, 0.6) is 0 Å². The summed E-state index contributed by atoms with van der Waals surface area (Å²) in [7, 11) is 0. The average molecular weight is 331 g/mol. The highest BCUT2D eigenvalue weighted by molar-refractivity contribution is 6.39. The fourth-order valence-electron chi connectivity index (χ4n) is 2.21. The van der Waals surface area contributed by atoms with Crippen molar-refractivity contribution in [3.8, 4) is 0 Å². The summed E-state index contributed by atoms with van der Waals surface area (Å²) in [5, 5.41) is 4.74. The van der Waals surface area contributed by atoms with Crippen molar-refractivity contribution in [3.63, 3.8) is 0 Å². The molecule has 5 heteroatoms. The number of nitrogens with one attached hydrogen (secondary N) is 2. The molecule has 0 fully saturated rings. The second-order valence-electron chi connectivity index (χ2n) is 4.74. The number of aromatic nitrogens is 1. The second-order valence-corrected chi connectivity index (χ2v) is 5.59. The summed E-state index contributed by atoms with van der Waals surface area (Å²) in [6.07, 6.45) is 4.98. The smallest absolute Gasteiger partial charge is 0.248 e. The van der Waals surface area contributed by atoms with Crippen LogP contribution in [0.1, 0.15) is 5.56 Å². The molecule has 3 rings (SSSR count). The molecule has 3 nitrogen and oxygen atoms in total. The minimum atomic E-state index is -0.203. The van der Waals surface area contributed by atoms with Gasteiger partial charge in [-0.3, -0.25) is 4.79 Å². The van der Waals surface area contributed by atoms with E-state index in [-0.39, 0.29) is 5.91 Å². The maximum atomic E-state index is 11.9. The van der Waals surface area contributed by atoms with Crippen LogP contribution in [0.4, 0.5) is 5.69 Å². The van der Waals surface area contributed by atoms with E-state index in [1.165, 1.54) is 6.08 Å². The Kier molecular flexibility index (Phi) is 4.18. The van der Waals surface area contributed by atoms with Crippen molar-refractivity contribution in [2.45, 2.75) is 0 Å². The van der Waals surface area contributed by atoms with Crippen molar-refractivity contribution in [1.29, 1.82) is 0 Å². The van der Waals surface area contributed by atoms with Gasteiger partial charge in [0.05, 0.1) is 5.02 Å². The lowest BCUT2D eigenvalue weighted by Crippen LogP contribution is -2.07. The number of amides is 1. The van der Waals surface area contributed by atoms with Crippen LogP contribution in [-0.4, -0.2) is 10.9 Å². The van der Waals surface area contributed by atoms with Gasteiger partial charge in [-0.15, -0.1) is 0 Å². The van der Waals surface area contributed by atoms with Crippen molar-refractivity contribution in [3.05, 3.63) is 70.3 Å². The van der Waals surface area contributed by atoms with Gasteiger partial charge >= 0.3 is 0 Å². The Hall–Kier alpha value is -2.23. The van der Waals surface area contributed by atoms with Crippen LogP contribution in [-0.2, 0) is 4.79 Å². The van der Waals surface area contributed by atoms with Crippen molar-refractivity contribution < 1.29 is 4.79 Å². The first-order valence-electron chi connectivity index (χ1n) is 6.64. The number of hydrogen-bond acceptors (Lipinski definition) is 1. The van der Waals surface area contributed by atoms with E-state index < -0.39 is 0 Å². The zero-order valence-corrected chi connectivity index (χ0v) is 12.9. The molecule has 0 aliphatic heterocycles. The highest BCUT2D eigenvalue weighted by Crippen LogP contribution is 2.30. The number of anilines is 1. The van der Waals surface area contributed by atoms with Gasteiger partial charge in [-0.05, 0) is 30.3 Å². The Morgan fingerprint density at radius 1 is 1.14 bits per heavy atom. The molecular formula is C17H12Cl2N2O. The number of rotatable bonds is 3. The van der Waals surface area contributed by atoms with E-state index in [1.807, 2.05) is 30.3 Å². The molecule has 0 aliphatic rings. The molecule has 1 aromatic heterocycles. The summed E-state index contributed by atoms with van der Waals surface area (Å²) in [6, 6.07) is 12.8. The van der Waals surface area contributed by atoms with Crippen LogP contribution in [0.3, 0.4) is 0 Å². The molecule has 0 radical (unpaired) electrons. The third-order valence-corrected chi connectivity index (χ3v) is 3.70. The van der Waals surface area contributed by atoms with Crippen molar-refractivity contribution >= 4 is 51.8 Å². The zero-order valence-electron chi connectivity index (χ0n) is 11.4. The average Bonchev–Trinajstić information content (AvgIpc) is 2.89. The maximum Gasteiger partial charge on any atom is 0.248 e. The Balaban J connectivity index is 1.82. The van der Waals surface area contributed by atoms with Crippen LogP contribution >= 0.6 is 23.2 Å². The Bertz CT molecular complexity index is 854. The monoisotopic (exact) mass is 330 g/mol. The molecule has 0 spiro atoms. The van der Waals surface area contributed by atoms with Crippen LogP contribution in [0.2, 0.25) is 10.0 Å². The Morgan fingerprint density at radius 3 is 2.68 bits per heavy atom. The number of aromatic amines is 1. The normalized spacial score (nSPS) is 11.2. The van der Waals surface area contributed by atoms with Gasteiger partial charge in [0.2, 0.25) is 5.91 Å². The standard InChI is InChI=1S/C17H12Cl2N2O/c18-12-8-14(19)17-11(10-20-15(17)9-12)6-7-16(22)21-13-4-2-1-3-5-13/h1-10,20H,(H,21,22)/b7-6+. The number of hydrogen-bond donors (Lipinski definition) is 2. The van der Waals surface area contributed by atoms with Crippen molar-refractivity contribution in [1.82, 2.24) is 4.98 Å². The number of carbonyl (C=O) groups is 1. The highest BCUT2D eigenvalue weighted by Gasteiger charge is 2.07. The first-order valence-corrected chi connectivity index (χ1v) is 7.39. The predicted molar refractivity (Wildman–Crippen MR) is 92.4 cm³/mol. The summed E-state index contributed by atoms with van der Waals surface area (Å²) < 4.78 is 0. The van der Waals surface area contributed by atoms with E-state index in [4.69, 9.17) is 23.2 Å². The third kappa shape index (κ3) is 3.16. The number of benzene rings is 2. The van der Waals surface area contributed by atoms with E-state index in [9.17, 15) is 4.79 Å². The number of fused-ring (bicyclic) bond motifs is 1. The molecule has 2 aromatic carbocycles. The minimum absolute atomic E-state index is 0.203. The van der Waals surface area contributed by atoms with Gasteiger partial charge in [0.1, 0.15) is 0 Å². The Morgan fingerprint density at radius 2 is 1.91 bits per heavy atom. The molecule has 0 aliphatic carbocycles. The molecular weight excluding hydrogens is 319 g/mol. The SMILES string of the molecule is O=C(/C=C/c1c[nH]c2cc(Cl)cc(Cl)c12)Nc1ccccc1. The molecule has 22 heavy (non-hydrogen) atoms. The van der Waals surface area contributed by atoms with Gasteiger partial charge < -0.3 is 10.3 Å². The van der Waals surface area contributed by atoms with Gasteiger partial charge in [0.25, 0.3) is 0 Å². The van der Waals surface area contributed by atoms with Gasteiger partial charge in [-0.2, -0.15) is 0 Å². The van der Waals surface area contributed by atoms with Crippen LogP contribution in [0, 0.1) is 0 Å². The van der Waals surface area contributed by atoms with Gasteiger partial charge in [0.15, 0.2) is 0 Å². The molecule has 0 bridgehead atoms. The summed E-state index contributed by atoms with van der Waals surface area (Å²) >= 11 is 12.2. The zero-order chi connectivity index (χ0) is 15.5. The number of halogens is 2. The second kappa shape index (κ2) is 6.26. The minimum Gasteiger partial charge on any atom is -0.360 e. The molecule has 0 atom stereocenters. The van der Waals surface area contributed by atoms with Gasteiger partial charge in [-0.1, -0.05) is 41.4 Å². The van der Waals surface area contributed by atoms with Crippen molar-refractivity contribution in [2.24, 2.45) is 0 Å². The largest absolute Gasteiger partial charge is 0.360 e. The summed E-state index contributed by atoms with van der Waals surface area (Å²) in [6.45, 7) is 0. The van der Waals surface area contributed by atoms with Crippen LogP contribution in [0.15, 0.2) is 54.7 Å².